The van der Waals surface area contributed by atoms with Crippen molar-refractivity contribution in [2.24, 2.45) is 0 Å². The first-order chi connectivity index (χ1) is 9.51. The first kappa shape index (κ1) is 13.8. The normalized spacial score (nSPS) is 10.0. The van der Waals surface area contributed by atoms with E-state index >= 15 is 0 Å². The van der Waals surface area contributed by atoms with E-state index in [2.05, 4.69) is 0 Å². The second-order valence-electron chi connectivity index (χ2n) is 4.04. The maximum absolute atomic E-state index is 11.3. The van der Waals surface area contributed by atoms with Crippen LogP contribution >= 0.6 is 11.6 Å². The zero-order chi connectivity index (χ0) is 14.7. The van der Waals surface area contributed by atoms with E-state index in [1.165, 1.54) is 16.8 Å². The molecule has 0 spiro atoms. The number of aromatic nitrogens is 1. The van der Waals surface area contributed by atoms with Crippen LogP contribution < -0.4 is 5.43 Å². The summed E-state index contributed by atoms with van der Waals surface area (Å²) in [6.07, 6.45) is 2.59. The summed E-state index contributed by atoms with van der Waals surface area (Å²) in [7, 11) is 0. The molecule has 0 aliphatic heterocycles. The number of hydrogen-bond acceptors (Lipinski definition) is 4. The molecule has 0 saturated heterocycles. The van der Waals surface area contributed by atoms with Crippen LogP contribution in [-0.2, 0) is 6.54 Å². The van der Waals surface area contributed by atoms with E-state index in [0.29, 0.717) is 16.1 Å². The van der Waals surface area contributed by atoms with E-state index < -0.39 is 16.0 Å². The highest BCUT2D eigenvalue weighted by molar-refractivity contribution is 6.30. The Kier molecular flexibility index (Phi) is 3.82. The lowest BCUT2D eigenvalue weighted by molar-refractivity contribution is -0.386. The van der Waals surface area contributed by atoms with Gasteiger partial charge in [0, 0.05) is 23.8 Å². The van der Waals surface area contributed by atoms with Crippen LogP contribution in [0, 0.1) is 21.4 Å². The topological polar surface area (TPSA) is 88.9 Å². The molecule has 0 fully saturated rings. The molecular weight excluding hydrogens is 282 g/mol. The number of hydrogen-bond donors (Lipinski definition) is 0. The number of benzene rings is 1. The van der Waals surface area contributed by atoms with E-state index in [9.17, 15) is 14.9 Å². The predicted molar refractivity (Wildman–Crippen MR) is 72.6 cm³/mol. The molecule has 0 aliphatic carbocycles. The third-order valence-corrected chi connectivity index (χ3v) is 2.94. The summed E-state index contributed by atoms with van der Waals surface area (Å²) in [5.41, 5.74) is -0.100. The smallest absolute Gasteiger partial charge is 0.332 e. The lowest BCUT2D eigenvalue weighted by Crippen LogP contribution is -2.11. The maximum atomic E-state index is 11.3. The molecule has 20 heavy (non-hydrogen) atoms. The molecule has 0 aliphatic rings. The monoisotopic (exact) mass is 289 g/mol. The van der Waals surface area contributed by atoms with Crippen LogP contribution in [0.4, 0.5) is 5.69 Å². The summed E-state index contributed by atoms with van der Waals surface area (Å²) in [6, 6.07) is 7.96. The minimum atomic E-state index is -0.730. The van der Waals surface area contributed by atoms with E-state index in [1.54, 1.807) is 12.1 Å². The summed E-state index contributed by atoms with van der Waals surface area (Å²) in [5, 5.41) is 20.2. The van der Waals surface area contributed by atoms with Crippen LogP contribution in [0.3, 0.4) is 0 Å². The van der Waals surface area contributed by atoms with Gasteiger partial charge < -0.3 is 4.57 Å². The Morgan fingerprint density at radius 3 is 2.80 bits per heavy atom. The highest BCUT2D eigenvalue weighted by atomic mass is 35.5. The molecule has 7 heteroatoms. The molecule has 1 heterocycles. The van der Waals surface area contributed by atoms with Gasteiger partial charge in [-0.15, -0.1) is 0 Å². The Labute approximate surface area is 118 Å². The average Bonchev–Trinajstić information content (AvgIpc) is 2.42. The molecule has 0 unspecified atom stereocenters. The molecule has 0 saturated carbocycles. The van der Waals surface area contributed by atoms with Gasteiger partial charge in [-0.25, -0.2) is 0 Å². The van der Waals surface area contributed by atoms with Crippen molar-refractivity contribution in [2.45, 2.75) is 6.54 Å². The summed E-state index contributed by atoms with van der Waals surface area (Å²) < 4.78 is 1.48. The number of rotatable bonds is 3. The third-order valence-electron chi connectivity index (χ3n) is 2.70. The molecule has 1 aromatic carbocycles. The molecule has 0 radical (unpaired) electrons. The molecule has 6 nitrogen and oxygen atoms in total. The summed E-state index contributed by atoms with van der Waals surface area (Å²) >= 11 is 5.80. The second-order valence-corrected chi connectivity index (χ2v) is 4.47. The predicted octanol–water partition coefficient (Wildman–Crippen LogP) is 2.33. The fourth-order valence-electron chi connectivity index (χ4n) is 1.74. The van der Waals surface area contributed by atoms with Crippen molar-refractivity contribution in [2.75, 3.05) is 0 Å². The fraction of sp³-hybridized carbons (Fsp3) is 0.0769. The molecule has 1 aromatic heterocycles. The SMILES string of the molecule is N#Cc1cc(Cl)ccc1Cn1ccc(=O)c([N+](=O)[O-])c1. The zero-order valence-electron chi connectivity index (χ0n) is 10.1. The molecule has 2 aromatic rings. The number of halogens is 1. The van der Waals surface area contributed by atoms with Gasteiger partial charge in [0.2, 0.25) is 0 Å². The van der Waals surface area contributed by atoms with Crippen LogP contribution in [0.1, 0.15) is 11.1 Å². The van der Waals surface area contributed by atoms with Crippen LogP contribution in [-0.4, -0.2) is 9.49 Å². The Morgan fingerprint density at radius 2 is 2.15 bits per heavy atom. The summed E-state index contributed by atoms with van der Waals surface area (Å²) in [4.78, 5) is 21.3. The first-order valence-corrected chi connectivity index (χ1v) is 5.92. The highest BCUT2D eigenvalue weighted by Crippen LogP contribution is 2.17. The average molecular weight is 290 g/mol. The van der Waals surface area contributed by atoms with Gasteiger partial charge in [-0.3, -0.25) is 14.9 Å². The van der Waals surface area contributed by atoms with E-state index in [-0.39, 0.29) is 6.54 Å². The van der Waals surface area contributed by atoms with Gasteiger partial charge in [0.25, 0.3) is 5.43 Å². The minimum Gasteiger partial charge on any atom is -0.344 e. The number of nitrogens with zero attached hydrogens (tertiary/aromatic N) is 3. The fourth-order valence-corrected chi connectivity index (χ4v) is 1.91. The van der Waals surface area contributed by atoms with Crippen molar-refractivity contribution in [3.05, 3.63) is 73.1 Å². The van der Waals surface area contributed by atoms with Gasteiger partial charge in [-0.05, 0) is 17.7 Å². The van der Waals surface area contributed by atoms with Gasteiger partial charge in [-0.1, -0.05) is 17.7 Å². The van der Waals surface area contributed by atoms with E-state index in [1.807, 2.05) is 6.07 Å². The van der Waals surface area contributed by atoms with Gasteiger partial charge in [0.05, 0.1) is 22.8 Å². The second kappa shape index (κ2) is 5.55. The van der Waals surface area contributed by atoms with Crippen molar-refractivity contribution in [1.29, 1.82) is 5.26 Å². The summed E-state index contributed by atoms with van der Waals surface area (Å²) in [6.45, 7) is 0.237. The van der Waals surface area contributed by atoms with Crippen LogP contribution in [0.25, 0.3) is 0 Å². The number of nitriles is 1. The van der Waals surface area contributed by atoms with Crippen molar-refractivity contribution in [3.63, 3.8) is 0 Å². The molecule has 2 rings (SSSR count). The van der Waals surface area contributed by atoms with Gasteiger partial charge in [0.15, 0.2) is 0 Å². The van der Waals surface area contributed by atoms with Gasteiger partial charge in [-0.2, -0.15) is 5.26 Å². The van der Waals surface area contributed by atoms with Crippen molar-refractivity contribution >= 4 is 17.3 Å². The minimum absolute atomic E-state index is 0.237. The number of pyridine rings is 1. The molecule has 100 valence electrons. The molecule has 0 N–H and O–H groups in total. The van der Waals surface area contributed by atoms with Crippen LogP contribution in [0.2, 0.25) is 5.02 Å². The Bertz CT molecular complexity index is 777. The lowest BCUT2D eigenvalue weighted by atomic mass is 10.1. The largest absolute Gasteiger partial charge is 0.344 e. The Hall–Kier alpha value is -2.65. The molecule has 0 bridgehead atoms. The maximum Gasteiger partial charge on any atom is 0.332 e. The van der Waals surface area contributed by atoms with Crippen LogP contribution in [0.5, 0.6) is 0 Å². The molecular formula is C13H8ClN3O3. The highest BCUT2D eigenvalue weighted by Gasteiger charge is 2.12. The molecule has 0 amide bonds. The van der Waals surface area contributed by atoms with Crippen LogP contribution in [0.15, 0.2) is 41.5 Å². The van der Waals surface area contributed by atoms with Gasteiger partial charge >= 0.3 is 5.69 Å². The van der Waals surface area contributed by atoms with Crippen molar-refractivity contribution < 1.29 is 4.92 Å². The lowest BCUT2D eigenvalue weighted by Gasteiger charge is -2.08. The quantitative estimate of drug-likeness (QED) is 0.640. The van der Waals surface area contributed by atoms with Gasteiger partial charge in [0.1, 0.15) is 0 Å². The summed E-state index contributed by atoms with van der Waals surface area (Å²) in [5.74, 6) is 0. The van der Waals surface area contributed by atoms with Crippen molar-refractivity contribution in [3.8, 4) is 6.07 Å². The molecule has 0 atom stereocenters. The third kappa shape index (κ3) is 2.84. The Balaban J connectivity index is 2.41. The number of nitro groups is 1. The first-order valence-electron chi connectivity index (χ1n) is 5.54. The van der Waals surface area contributed by atoms with E-state index in [0.717, 1.165) is 12.3 Å². The Morgan fingerprint density at radius 1 is 1.40 bits per heavy atom. The van der Waals surface area contributed by atoms with E-state index in [4.69, 9.17) is 16.9 Å². The zero-order valence-corrected chi connectivity index (χ0v) is 10.9. The van der Waals surface area contributed by atoms with Crippen molar-refractivity contribution in [1.82, 2.24) is 4.57 Å². The standard InChI is InChI=1S/C13H8ClN3O3/c14-11-2-1-9(10(5-11)6-15)7-16-4-3-13(18)12(8-16)17(19)20/h1-5,8H,7H2.